The van der Waals surface area contributed by atoms with Gasteiger partial charge in [0.15, 0.2) is 0 Å². The number of hydrogen-bond acceptors (Lipinski definition) is 2. The second-order valence-corrected chi connectivity index (χ2v) is 4.11. The molecule has 1 saturated carbocycles. The molecule has 0 radical (unpaired) electrons. The molecule has 2 N–H and O–H groups in total. The molecule has 0 aromatic carbocycles. The zero-order valence-electron chi connectivity index (χ0n) is 8.59. The van der Waals surface area contributed by atoms with Gasteiger partial charge >= 0.3 is 0 Å². The summed E-state index contributed by atoms with van der Waals surface area (Å²) in [6.07, 6.45) is 2.77. The van der Waals surface area contributed by atoms with Crippen LogP contribution in [0.2, 0.25) is 0 Å². The molecular formula is C10H22N2. The van der Waals surface area contributed by atoms with Crippen LogP contribution in [0, 0.1) is 5.92 Å². The molecule has 0 aromatic heterocycles. The van der Waals surface area contributed by atoms with E-state index in [9.17, 15) is 0 Å². The largest absolute Gasteiger partial charge is 0.329 e. The highest BCUT2D eigenvalue weighted by molar-refractivity contribution is 4.89. The molecule has 0 bridgehead atoms. The van der Waals surface area contributed by atoms with Crippen LogP contribution in [0.15, 0.2) is 0 Å². The second-order valence-electron chi connectivity index (χ2n) is 4.11. The fourth-order valence-electron chi connectivity index (χ4n) is 1.96. The quantitative estimate of drug-likeness (QED) is 0.676. The summed E-state index contributed by atoms with van der Waals surface area (Å²) in [5.74, 6) is 0.690. The van der Waals surface area contributed by atoms with Crippen molar-refractivity contribution in [2.75, 3.05) is 13.1 Å². The first-order valence-corrected chi connectivity index (χ1v) is 5.16. The third kappa shape index (κ3) is 2.20. The van der Waals surface area contributed by atoms with E-state index in [0.29, 0.717) is 12.0 Å². The highest BCUT2D eigenvalue weighted by Gasteiger charge is 2.33. The van der Waals surface area contributed by atoms with E-state index in [4.69, 9.17) is 5.73 Å². The van der Waals surface area contributed by atoms with Crippen LogP contribution in [0.3, 0.4) is 0 Å². The maximum atomic E-state index is 5.77. The van der Waals surface area contributed by atoms with Crippen molar-refractivity contribution in [3.05, 3.63) is 0 Å². The molecular weight excluding hydrogens is 148 g/mol. The van der Waals surface area contributed by atoms with Crippen LogP contribution < -0.4 is 5.73 Å². The third-order valence-electron chi connectivity index (χ3n) is 2.82. The molecule has 1 fully saturated rings. The lowest BCUT2D eigenvalue weighted by atomic mass is 10.0. The van der Waals surface area contributed by atoms with Gasteiger partial charge in [-0.1, -0.05) is 20.8 Å². The molecule has 1 aliphatic carbocycles. The minimum Gasteiger partial charge on any atom is -0.329 e. The molecule has 2 nitrogen and oxygen atoms in total. The van der Waals surface area contributed by atoms with Crippen molar-refractivity contribution in [2.24, 2.45) is 11.7 Å². The van der Waals surface area contributed by atoms with E-state index in [1.165, 1.54) is 12.8 Å². The minimum absolute atomic E-state index is 0.600. The van der Waals surface area contributed by atoms with E-state index < -0.39 is 0 Å². The zero-order valence-corrected chi connectivity index (χ0v) is 8.59. The van der Waals surface area contributed by atoms with E-state index in [2.05, 4.69) is 25.7 Å². The van der Waals surface area contributed by atoms with E-state index >= 15 is 0 Å². The number of rotatable bonds is 5. The summed E-state index contributed by atoms with van der Waals surface area (Å²) in [5, 5.41) is 0. The minimum atomic E-state index is 0.600. The Hall–Kier alpha value is -0.0800. The molecule has 2 heteroatoms. The Morgan fingerprint density at radius 3 is 2.25 bits per heavy atom. The number of hydrogen-bond donors (Lipinski definition) is 1. The predicted octanol–water partition coefficient (Wildman–Crippen LogP) is 1.45. The Kier molecular flexibility index (Phi) is 3.53. The van der Waals surface area contributed by atoms with Gasteiger partial charge in [0.25, 0.3) is 0 Å². The fraction of sp³-hybridized carbons (Fsp3) is 1.00. The molecule has 0 aromatic rings. The van der Waals surface area contributed by atoms with Crippen LogP contribution in [-0.2, 0) is 0 Å². The van der Waals surface area contributed by atoms with Crippen LogP contribution in [-0.4, -0.2) is 30.1 Å². The van der Waals surface area contributed by atoms with Gasteiger partial charge in [-0.15, -0.1) is 0 Å². The van der Waals surface area contributed by atoms with Gasteiger partial charge in [0.05, 0.1) is 0 Å². The molecule has 1 rings (SSSR count). The first-order chi connectivity index (χ1) is 5.70. The summed E-state index contributed by atoms with van der Waals surface area (Å²) in [7, 11) is 0. The lowest BCUT2D eigenvalue weighted by Gasteiger charge is -2.32. The predicted molar refractivity (Wildman–Crippen MR) is 53.1 cm³/mol. The highest BCUT2D eigenvalue weighted by Crippen LogP contribution is 2.29. The summed E-state index contributed by atoms with van der Waals surface area (Å²) in [4.78, 5) is 2.57. The van der Waals surface area contributed by atoms with E-state index in [0.717, 1.165) is 19.1 Å². The van der Waals surface area contributed by atoms with Crippen molar-refractivity contribution in [3.8, 4) is 0 Å². The molecule has 0 spiro atoms. The number of nitrogens with zero attached hydrogens (tertiary/aromatic N) is 1. The summed E-state index contributed by atoms with van der Waals surface area (Å²) in [6, 6.07) is 1.45. The van der Waals surface area contributed by atoms with E-state index in [1.54, 1.807) is 0 Å². The van der Waals surface area contributed by atoms with Gasteiger partial charge in [0.2, 0.25) is 0 Å². The first kappa shape index (κ1) is 10.0. The molecule has 0 amide bonds. The Labute approximate surface area is 76.1 Å². The van der Waals surface area contributed by atoms with Crippen molar-refractivity contribution in [1.82, 2.24) is 4.90 Å². The maximum absolute atomic E-state index is 5.77. The molecule has 1 aliphatic rings. The Balaban J connectivity index is 2.47. The van der Waals surface area contributed by atoms with Gasteiger partial charge in [0, 0.05) is 18.6 Å². The van der Waals surface area contributed by atoms with Crippen LogP contribution in [0.4, 0.5) is 0 Å². The van der Waals surface area contributed by atoms with Crippen molar-refractivity contribution in [1.29, 1.82) is 0 Å². The summed E-state index contributed by atoms with van der Waals surface area (Å²) >= 11 is 0. The average molecular weight is 170 g/mol. The maximum Gasteiger partial charge on any atom is 0.0244 e. The number of nitrogens with two attached hydrogens (primary N) is 1. The Morgan fingerprint density at radius 1 is 1.42 bits per heavy atom. The Bertz CT molecular complexity index is 122. The van der Waals surface area contributed by atoms with Crippen LogP contribution >= 0.6 is 0 Å². The van der Waals surface area contributed by atoms with Crippen molar-refractivity contribution >= 4 is 0 Å². The van der Waals surface area contributed by atoms with Gasteiger partial charge in [0.1, 0.15) is 0 Å². The molecule has 12 heavy (non-hydrogen) atoms. The van der Waals surface area contributed by atoms with Gasteiger partial charge < -0.3 is 5.73 Å². The van der Waals surface area contributed by atoms with Crippen LogP contribution in [0.25, 0.3) is 0 Å². The Morgan fingerprint density at radius 2 is 2.00 bits per heavy atom. The summed E-state index contributed by atoms with van der Waals surface area (Å²) < 4.78 is 0. The van der Waals surface area contributed by atoms with Gasteiger partial charge in [-0.3, -0.25) is 4.90 Å². The molecule has 1 unspecified atom stereocenters. The molecule has 0 saturated heterocycles. The standard InChI is InChI=1S/C10H22N2/c1-4-12(9-5-6-9)10(7-11)8(2)3/h8-10H,4-7,11H2,1-3H3. The van der Waals surface area contributed by atoms with Gasteiger partial charge in [-0.2, -0.15) is 0 Å². The summed E-state index contributed by atoms with van der Waals surface area (Å²) in [6.45, 7) is 8.74. The summed E-state index contributed by atoms with van der Waals surface area (Å²) in [5.41, 5.74) is 5.77. The monoisotopic (exact) mass is 170 g/mol. The molecule has 0 aliphatic heterocycles. The molecule has 0 heterocycles. The molecule has 72 valence electrons. The molecule has 1 atom stereocenters. The van der Waals surface area contributed by atoms with Gasteiger partial charge in [-0.05, 0) is 25.3 Å². The topological polar surface area (TPSA) is 29.3 Å². The van der Waals surface area contributed by atoms with Crippen molar-refractivity contribution in [2.45, 2.75) is 45.7 Å². The lowest BCUT2D eigenvalue weighted by molar-refractivity contribution is 0.159. The van der Waals surface area contributed by atoms with Gasteiger partial charge in [-0.25, -0.2) is 0 Å². The third-order valence-corrected chi connectivity index (χ3v) is 2.82. The number of likely N-dealkylation sites (N-methyl/N-ethyl adjacent to an activating group) is 1. The van der Waals surface area contributed by atoms with E-state index in [1.807, 2.05) is 0 Å². The average Bonchev–Trinajstić information content (AvgIpc) is 2.81. The zero-order chi connectivity index (χ0) is 9.14. The van der Waals surface area contributed by atoms with Crippen LogP contribution in [0.1, 0.15) is 33.6 Å². The smallest absolute Gasteiger partial charge is 0.0244 e. The van der Waals surface area contributed by atoms with Crippen molar-refractivity contribution in [3.63, 3.8) is 0 Å². The SMILES string of the molecule is CCN(C1CC1)C(CN)C(C)C. The lowest BCUT2D eigenvalue weighted by Crippen LogP contribution is -2.45. The van der Waals surface area contributed by atoms with Crippen LogP contribution in [0.5, 0.6) is 0 Å². The highest BCUT2D eigenvalue weighted by atomic mass is 15.2. The van der Waals surface area contributed by atoms with Crippen molar-refractivity contribution < 1.29 is 0 Å². The normalized spacial score (nSPS) is 20.5. The first-order valence-electron chi connectivity index (χ1n) is 5.16. The fourth-order valence-corrected chi connectivity index (χ4v) is 1.96. The second kappa shape index (κ2) is 4.24. The van der Waals surface area contributed by atoms with E-state index in [-0.39, 0.29) is 0 Å².